The molecule has 2 N–H and O–H groups in total. The molecule has 0 radical (unpaired) electrons. The lowest BCUT2D eigenvalue weighted by Gasteiger charge is -2.25. The molecule has 1 atom stereocenters. The largest absolute Gasteiger partial charge is 0.506 e. The number of carbonyl (C=O) groups excluding carboxylic acids is 1. The van der Waals surface area contributed by atoms with Crippen LogP contribution >= 0.6 is 34.8 Å². The van der Waals surface area contributed by atoms with E-state index in [9.17, 15) is 9.59 Å². The molecule has 10 heteroatoms. The molecule has 0 aliphatic carbocycles. The van der Waals surface area contributed by atoms with Crippen LogP contribution in [0.4, 0.5) is 4.79 Å². The number of halogens is 3. The Labute approximate surface area is 228 Å². The number of hydrogen-bond acceptors (Lipinski definition) is 5. The number of nitrogens with one attached hydrogen (secondary N) is 1. The van der Waals surface area contributed by atoms with E-state index in [1.54, 1.807) is 48.5 Å². The van der Waals surface area contributed by atoms with Gasteiger partial charge in [-0.1, -0.05) is 53.0 Å². The second-order valence-corrected chi connectivity index (χ2v) is 9.32. The molecule has 1 unspecified atom stereocenters. The van der Waals surface area contributed by atoms with Crippen molar-refractivity contribution >= 4 is 52.9 Å². The van der Waals surface area contributed by atoms with Gasteiger partial charge < -0.3 is 24.6 Å². The fourth-order valence-corrected chi connectivity index (χ4v) is 4.38. The van der Waals surface area contributed by atoms with Gasteiger partial charge >= 0.3 is 6.16 Å². The maximum absolute atomic E-state index is 12.5. The molecule has 4 rings (SSSR count). The van der Waals surface area contributed by atoms with Crippen LogP contribution in [0.5, 0.6) is 17.2 Å². The molecular formula is C27H22Cl3NO6. The normalized spacial score (nSPS) is 14.5. The van der Waals surface area contributed by atoms with Gasteiger partial charge in [0.15, 0.2) is 0 Å². The van der Waals surface area contributed by atoms with Gasteiger partial charge in [-0.15, -0.1) is 0 Å². The van der Waals surface area contributed by atoms with Gasteiger partial charge in [0, 0.05) is 40.2 Å². The zero-order valence-electron chi connectivity index (χ0n) is 19.4. The lowest BCUT2D eigenvalue weighted by atomic mass is 10.0. The van der Waals surface area contributed by atoms with Gasteiger partial charge in [0.2, 0.25) is 0 Å². The average molecular weight is 563 g/mol. The zero-order chi connectivity index (χ0) is 26.4. The van der Waals surface area contributed by atoms with E-state index < -0.39 is 12.3 Å². The zero-order valence-corrected chi connectivity index (χ0v) is 21.6. The van der Waals surface area contributed by atoms with Crippen molar-refractivity contribution in [3.05, 3.63) is 92.4 Å². The average Bonchev–Trinajstić information content (AvgIpc) is 2.86. The molecule has 3 aromatic rings. The van der Waals surface area contributed by atoms with Gasteiger partial charge in [-0.2, -0.15) is 0 Å². The first-order chi connectivity index (χ1) is 17.8. The standard InChI is InChI=1S/C27H22Cl3NO6/c28-18-7-4-16(21(29)13-18)3-1-2-11-31-26(32)17-5-8-19(9-6-17)36-25-15-24-20(14-22(25)30)23(10-12-35-24)37-27(33)34/h1,3-9,13-15,23H,2,10-12H2,(H,31,32)(H,33,34)/b3-1-. The molecule has 1 aliphatic heterocycles. The second-order valence-electron chi connectivity index (χ2n) is 8.07. The fraction of sp³-hybridized carbons (Fsp3) is 0.185. The minimum atomic E-state index is -1.36. The molecule has 3 aromatic carbocycles. The summed E-state index contributed by atoms with van der Waals surface area (Å²) in [5.74, 6) is 1.03. The minimum Gasteiger partial charge on any atom is -0.493 e. The number of amides is 1. The maximum Gasteiger partial charge on any atom is 0.506 e. The number of carbonyl (C=O) groups is 2. The van der Waals surface area contributed by atoms with E-state index >= 15 is 0 Å². The summed E-state index contributed by atoms with van der Waals surface area (Å²) in [4.78, 5) is 23.4. The third-order valence-corrected chi connectivity index (χ3v) is 6.35. The van der Waals surface area contributed by atoms with Gasteiger partial charge in [0.25, 0.3) is 5.91 Å². The summed E-state index contributed by atoms with van der Waals surface area (Å²) in [7, 11) is 0. The van der Waals surface area contributed by atoms with Crippen LogP contribution in [0.2, 0.25) is 15.1 Å². The van der Waals surface area contributed by atoms with E-state index in [0.717, 1.165) is 5.56 Å². The number of benzene rings is 3. The van der Waals surface area contributed by atoms with Gasteiger partial charge in [-0.05, 0) is 54.4 Å². The number of ether oxygens (including phenoxy) is 3. The van der Waals surface area contributed by atoms with Crippen LogP contribution in [0.15, 0.2) is 60.7 Å². The topological polar surface area (TPSA) is 94.1 Å². The molecule has 0 fully saturated rings. The third kappa shape index (κ3) is 7.10. The summed E-state index contributed by atoms with van der Waals surface area (Å²) in [6.07, 6.45) is 2.81. The molecule has 0 bridgehead atoms. The number of rotatable bonds is 8. The van der Waals surface area contributed by atoms with E-state index in [4.69, 9.17) is 54.1 Å². The van der Waals surface area contributed by atoms with Crippen LogP contribution in [0.25, 0.3) is 6.08 Å². The van der Waals surface area contributed by atoms with Gasteiger partial charge in [-0.3, -0.25) is 4.79 Å². The van der Waals surface area contributed by atoms with E-state index in [2.05, 4.69) is 5.32 Å². The van der Waals surface area contributed by atoms with E-state index in [1.165, 1.54) is 0 Å². The monoisotopic (exact) mass is 561 g/mol. The smallest absolute Gasteiger partial charge is 0.493 e. The maximum atomic E-state index is 12.5. The third-order valence-electron chi connectivity index (χ3n) is 5.49. The highest BCUT2D eigenvalue weighted by atomic mass is 35.5. The van der Waals surface area contributed by atoms with Crippen molar-refractivity contribution in [1.29, 1.82) is 0 Å². The molecule has 0 saturated heterocycles. The van der Waals surface area contributed by atoms with E-state index in [0.29, 0.717) is 64.4 Å². The van der Waals surface area contributed by atoms with Crippen LogP contribution in [-0.2, 0) is 4.74 Å². The molecule has 0 aromatic heterocycles. The van der Waals surface area contributed by atoms with Crippen LogP contribution in [0, 0.1) is 0 Å². The predicted molar refractivity (Wildman–Crippen MR) is 142 cm³/mol. The van der Waals surface area contributed by atoms with Crippen molar-refractivity contribution in [3.63, 3.8) is 0 Å². The fourth-order valence-electron chi connectivity index (χ4n) is 3.70. The molecule has 0 saturated carbocycles. The lowest BCUT2D eigenvalue weighted by Crippen LogP contribution is -2.23. The molecule has 1 heterocycles. The summed E-state index contributed by atoms with van der Waals surface area (Å²) < 4.78 is 16.4. The van der Waals surface area contributed by atoms with Crippen molar-refractivity contribution < 1.29 is 28.9 Å². The predicted octanol–water partition coefficient (Wildman–Crippen LogP) is 7.79. The van der Waals surface area contributed by atoms with E-state index in [-0.39, 0.29) is 10.9 Å². The van der Waals surface area contributed by atoms with E-state index in [1.807, 2.05) is 18.2 Å². The second kappa shape index (κ2) is 12.2. The molecule has 1 amide bonds. The molecule has 7 nitrogen and oxygen atoms in total. The summed E-state index contributed by atoms with van der Waals surface area (Å²) in [6, 6.07) is 15.1. The molecular weight excluding hydrogens is 541 g/mol. The summed E-state index contributed by atoms with van der Waals surface area (Å²) >= 11 is 18.4. The number of carboxylic acid groups (broad SMARTS) is 1. The summed E-state index contributed by atoms with van der Waals surface area (Å²) in [6.45, 7) is 0.761. The first-order valence-corrected chi connectivity index (χ1v) is 12.5. The Morgan fingerprint density at radius 2 is 1.84 bits per heavy atom. The lowest BCUT2D eigenvalue weighted by molar-refractivity contribution is 0.0326. The van der Waals surface area contributed by atoms with Gasteiger partial charge in [0.1, 0.15) is 23.4 Å². The Morgan fingerprint density at radius 1 is 1.05 bits per heavy atom. The highest BCUT2D eigenvalue weighted by Crippen LogP contribution is 2.42. The highest BCUT2D eigenvalue weighted by Gasteiger charge is 2.27. The summed E-state index contributed by atoms with van der Waals surface area (Å²) in [5.41, 5.74) is 1.88. The Morgan fingerprint density at radius 3 is 2.57 bits per heavy atom. The molecule has 1 aliphatic rings. The number of fused-ring (bicyclic) bond motifs is 1. The quantitative estimate of drug-likeness (QED) is 0.215. The van der Waals surface area contributed by atoms with Gasteiger partial charge in [0.05, 0.1) is 11.6 Å². The Hall–Kier alpha value is -3.39. The Balaban J connectivity index is 1.32. The van der Waals surface area contributed by atoms with Crippen LogP contribution in [-0.4, -0.2) is 30.3 Å². The van der Waals surface area contributed by atoms with Crippen LogP contribution in [0.1, 0.15) is 40.4 Å². The number of hydrogen-bond donors (Lipinski definition) is 2. The van der Waals surface area contributed by atoms with Gasteiger partial charge in [-0.25, -0.2) is 4.79 Å². The van der Waals surface area contributed by atoms with Crippen molar-refractivity contribution in [1.82, 2.24) is 5.32 Å². The summed E-state index contributed by atoms with van der Waals surface area (Å²) in [5, 5.41) is 13.2. The van der Waals surface area contributed by atoms with Crippen molar-refractivity contribution in [2.24, 2.45) is 0 Å². The van der Waals surface area contributed by atoms with Crippen molar-refractivity contribution in [3.8, 4) is 17.2 Å². The van der Waals surface area contributed by atoms with Crippen molar-refractivity contribution in [2.75, 3.05) is 13.2 Å². The van der Waals surface area contributed by atoms with Crippen molar-refractivity contribution in [2.45, 2.75) is 18.9 Å². The Kier molecular flexibility index (Phi) is 8.82. The SMILES string of the molecule is O=C(O)OC1CCOc2cc(Oc3ccc(C(=O)NCC/C=C\c4ccc(Cl)cc4Cl)cc3)c(Cl)cc21. The molecule has 37 heavy (non-hydrogen) atoms. The highest BCUT2D eigenvalue weighted by molar-refractivity contribution is 6.35. The first kappa shape index (κ1) is 26.7. The van der Waals surface area contributed by atoms with Crippen LogP contribution < -0.4 is 14.8 Å². The first-order valence-electron chi connectivity index (χ1n) is 11.3. The minimum absolute atomic E-state index is 0.214. The Bertz CT molecular complexity index is 1330. The molecule has 192 valence electrons. The van der Waals surface area contributed by atoms with Crippen LogP contribution in [0.3, 0.4) is 0 Å². The molecule has 0 spiro atoms.